The molecule has 3 rings (SSSR count). The van der Waals surface area contributed by atoms with E-state index in [9.17, 15) is 4.39 Å². The Morgan fingerprint density at radius 2 is 1.82 bits per heavy atom. The molecule has 0 radical (unpaired) electrons. The van der Waals surface area contributed by atoms with E-state index in [2.05, 4.69) is 0 Å². The van der Waals surface area contributed by atoms with Crippen LogP contribution in [0.2, 0.25) is 5.02 Å². The number of rotatable bonds is 1. The number of hydrogen-bond donors (Lipinski definition) is 1. The van der Waals surface area contributed by atoms with E-state index in [0.717, 1.165) is 12.8 Å². The molecule has 2 aliphatic rings. The second-order valence-corrected chi connectivity index (χ2v) is 6.23. The van der Waals surface area contributed by atoms with Crippen LogP contribution < -0.4 is 5.73 Å². The molecule has 0 saturated heterocycles. The van der Waals surface area contributed by atoms with Gasteiger partial charge in [0.25, 0.3) is 0 Å². The van der Waals surface area contributed by atoms with Crippen molar-refractivity contribution < 1.29 is 4.39 Å². The lowest BCUT2D eigenvalue weighted by molar-refractivity contribution is 0.0289. The fourth-order valence-corrected chi connectivity index (χ4v) is 4.02. The molecule has 92 valence electrons. The molecule has 0 amide bonds. The Hall–Kier alpha value is -0.600. The molecule has 2 saturated carbocycles. The molecule has 1 aromatic carbocycles. The summed E-state index contributed by atoms with van der Waals surface area (Å²) in [5.74, 6) is -0.329. The molecule has 0 aliphatic heterocycles. The molecular formula is C14H17ClFN. The summed E-state index contributed by atoms with van der Waals surface area (Å²) in [4.78, 5) is 0. The number of benzene rings is 1. The summed E-state index contributed by atoms with van der Waals surface area (Å²) in [7, 11) is 0. The second-order valence-electron chi connectivity index (χ2n) is 5.82. The maximum atomic E-state index is 14.0. The SMILES string of the molecule is NC1(c2cccc(Cl)c2F)CC2(CCCC2)C1. The van der Waals surface area contributed by atoms with Gasteiger partial charge in [0.2, 0.25) is 0 Å². The van der Waals surface area contributed by atoms with Crippen molar-refractivity contribution in [3.8, 4) is 0 Å². The minimum Gasteiger partial charge on any atom is -0.321 e. The highest BCUT2D eigenvalue weighted by Gasteiger charge is 2.54. The summed E-state index contributed by atoms with van der Waals surface area (Å²) < 4.78 is 14.0. The number of hydrogen-bond acceptors (Lipinski definition) is 1. The molecule has 0 atom stereocenters. The van der Waals surface area contributed by atoms with Gasteiger partial charge in [0.05, 0.1) is 5.02 Å². The van der Waals surface area contributed by atoms with Gasteiger partial charge in [-0.05, 0) is 37.2 Å². The van der Waals surface area contributed by atoms with Crippen LogP contribution in [-0.2, 0) is 5.54 Å². The van der Waals surface area contributed by atoms with Gasteiger partial charge in [0.1, 0.15) is 5.82 Å². The topological polar surface area (TPSA) is 26.0 Å². The summed E-state index contributed by atoms with van der Waals surface area (Å²) >= 11 is 5.82. The highest BCUT2D eigenvalue weighted by Crippen LogP contribution is 2.60. The van der Waals surface area contributed by atoms with E-state index in [-0.39, 0.29) is 10.8 Å². The Morgan fingerprint density at radius 3 is 2.47 bits per heavy atom. The lowest BCUT2D eigenvalue weighted by atomic mass is 9.54. The van der Waals surface area contributed by atoms with E-state index in [1.165, 1.54) is 25.7 Å². The van der Waals surface area contributed by atoms with E-state index >= 15 is 0 Å². The van der Waals surface area contributed by atoms with Gasteiger partial charge in [-0.3, -0.25) is 0 Å². The molecule has 0 unspecified atom stereocenters. The molecule has 3 heteroatoms. The van der Waals surface area contributed by atoms with Gasteiger partial charge in [-0.25, -0.2) is 4.39 Å². The van der Waals surface area contributed by atoms with Crippen LogP contribution in [0.1, 0.15) is 44.1 Å². The molecule has 2 N–H and O–H groups in total. The second kappa shape index (κ2) is 3.69. The van der Waals surface area contributed by atoms with Crippen molar-refractivity contribution in [3.63, 3.8) is 0 Å². The van der Waals surface area contributed by atoms with E-state index in [4.69, 9.17) is 17.3 Å². The lowest BCUT2D eigenvalue weighted by Crippen LogP contribution is -2.55. The zero-order valence-electron chi connectivity index (χ0n) is 9.81. The third-order valence-electron chi connectivity index (χ3n) is 4.53. The molecule has 0 bridgehead atoms. The van der Waals surface area contributed by atoms with Crippen LogP contribution >= 0.6 is 11.6 Å². The van der Waals surface area contributed by atoms with Crippen LogP contribution in [0, 0.1) is 11.2 Å². The molecule has 2 aliphatic carbocycles. The van der Waals surface area contributed by atoms with Crippen molar-refractivity contribution in [2.45, 2.75) is 44.1 Å². The third-order valence-corrected chi connectivity index (χ3v) is 4.83. The van der Waals surface area contributed by atoms with Gasteiger partial charge in [-0.1, -0.05) is 36.6 Å². The van der Waals surface area contributed by atoms with Crippen LogP contribution in [0.15, 0.2) is 18.2 Å². The Labute approximate surface area is 106 Å². The van der Waals surface area contributed by atoms with Crippen molar-refractivity contribution in [3.05, 3.63) is 34.6 Å². The van der Waals surface area contributed by atoms with Crippen molar-refractivity contribution >= 4 is 11.6 Å². The van der Waals surface area contributed by atoms with Crippen molar-refractivity contribution in [2.24, 2.45) is 11.1 Å². The molecule has 1 nitrogen and oxygen atoms in total. The molecule has 1 spiro atoms. The predicted octanol–water partition coefficient (Wildman–Crippen LogP) is 3.99. The summed E-state index contributed by atoms with van der Waals surface area (Å²) in [5, 5.41) is 0.180. The Balaban J connectivity index is 1.88. The first-order valence-electron chi connectivity index (χ1n) is 6.28. The third kappa shape index (κ3) is 1.69. The number of halogens is 2. The number of nitrogens with two attached hydrogens (primary N) is 1. The molecule has 0 aromatic heterocycles. The van der Waals surface area contributed by atoms with Gasteiger partial charge in [-0.15, -0.1) is 0 Å². The zero-order valence-corrected chi connectivity index (χ0v) is 10.6. The molecule has 0 heterocycles. The van der Waals surface area contributed by atoms with Crippen LogP contribution in [0.25, 0.3) is 0 Å². The highest BCUT2D eigenvalue weighted by atomic mass is 35.5. The standard InChI is InChI=1S/C14H17ClFN/c15-11-5-3-4-10(12(11)16)14(17)8-13(9-14)6-1-2-7-13/h3-5H,1-2,6-9,17H2. The smallest absolute Gasteiger partial charge is 0.146 e. The average molecular weight is 254 g/mol. The van der Waals surface area contributed by atoms with E-state index < -0.39 is 5.54 Å². The van der Waals surface area contributed by atoms with E-state index in [0.29, 0.717) is 11.0 Å². The molecule has 1 aromatic rings. The fraction of sp³-hybridized carbons (Fsp3) is 0.571. The minimum absolute atomic E-state index is 0.180. The first kappa shape index (κ1) is 11.5. The Morgan fingerprint density at radius 1 is 1.18 bits per heavy atom. The minimum atomic E-state index is -0.487. The van der Waals surface area contributed by atoms with Crippen molar-refractivity contribution in [1.29, 1.82) is 0 Å². The fourth-order valence-electron chi connectivity index (χ4n) is 3.84. The quantitative estimate of drug-likeness (QED) is 0.805. The first-order valence-corrected chi connectivity index (χ1v) is 6.66. The Bertz CT molecular complexity index is 444. The van der Waals surface area contributed by atoms with Gasteiger partial charge < -0.3 is 5.73 Å². The van der Waals surface area contributed by atoms with Crippen LogP contribution in [0.4, 0.5) is 4.39 Å². The largest absolute Gasteiger partial charge is 0.321 e. The summed E-state index contributed by atoms with van der Waals surface area (Å²) in [5.41, 5.74) is 6.87. The van der Waals surface area contributed by atoms with E-state index in [1.54, 1.807) is 18.2 Å². The highest BCUT2D eigenvalue weighted by molar-refractivity contribution is 6.30. The van der Waals surface area contributed by atoms with Gasteiger partial charge in [0, 0.05) is 11.1 Å². The van der Waals surface area contributed by atoms with E-state index in [1.807, 2.05) is 0 Å². The maximum absolute atomic E-state index is 14.0. The lowest BCUT2D eigenvalue weighted by Gasteiger charge is -2.53. The molecule has 2 fully saturated rings. The summed E-state index contributed by atoms with van der Waals surface area (Å²) in [6, 6.07) is 5.14. The van der Waals surface area contributed by atoms with Crippen LogP contribution in [0.5, 0.6) is 0 Å². The van der Waals surface area contributed by atoms with Crippen LogP contribution in [-0.4, -0.2) is 0 Å². The van der Waals surface area contributed by atoms with Crippen molar-refractivity contribution in [1.82, 2.24) is 0 Å². The summed E-state index contributed by atoms with van der Waals surface area (Å²) in [6.45, 7) is 0. The van der Waals surface area contributed by atoms with Gasteiger partial charge >= 0.3 is 0 Å². The normalized spacial score (nSPS) is 24.9. The van der Waals surface area contributed by atoms with Gasteiger partial charge in [-0.2, -0.15) is 0 Å². The monoisotopic (exact) mass is 253 g/mol. The first-order chi connectivity index (χ1) is 8.05. The van der Waals surface area contributed by atoms with Crippen LogP contribution in [0.3, 0.4) is 0 Å². The summed E-state index contributed by atoms with van der Waals surface area (Å²) in [6.07, 6.45) is 6.94. The Kier molecular flexibility index (Phi) is 2.50. The van der Waals surface area contributed by atoms with Gasteiger partial charge in [0.15, 0.2) is 0 Å². The predicted molar refractivity (Wildman–Crippen MR) is 67.4 cm³/mol. The van der Waals surface area contributed by atoms with Crippen molar-refractivity contribution in [2.75, 3.05) is 0 Å². The maximum Gasteiger partial charge on any atom is 0.146 e. The zero-order chi connectivity index (χ0) is 12.1. The average Bonchev–Trinajstić information content (AvgIpc) is 2.70. The molecular weight excluding hydrogens is 237 g/mol. The molecule has 17 heavy (non-hydrogen) atoms.